The molecule has 0 bridgehead atoms. The van der Waals surface area contributed by atoms with Crippen LogP contribution in [0.1, 0.15) is 51.9 Å². The molecule has 28 heavy (non-hydrogen) atoms. The summed E-state index contributed by atoms with van der Waals surface area (Å²) in [6, 6.07) is 3.79. The molecule has 6 nitrogen and oxygen atoms in total. The van der Waals surface area contributed by atoms with E-state index in [0.29, 0.717) is 30.3 Å². The zero-order valence-corrected chi connectivity index (χ0v) is 19.4. The van der Waals surface area contributed by atoms with Gasteiger partial charge in [-0.05, 0) is 48.8 Å². The molecule has 8 heteroatoms. The zero-order valence-electron chi connectivity index (χ0n) is 17.0. The molecule has 2 aliphatic rings. The van der Waals surface area contributed by atoms with E-state index in [1.165, 1.54) is 0 Å². The number of likely N-dealkylation sites (tertiary alicyclic amines) is 1. The Hall–Kier alpha value is -1.41. The van der Waals surface area contributed by atoms with Crippen LogP contribution in [-0.2, 0) is 9.47 Å². The van der Waals surface area contributed by atoms with Gasteiger partial charge in [-0.15, -0.1) is 11.8 Å². The second-order valence-corrected chi connectivity index (χ2v) is 10.9. The van der Waals surface area contributed by atoms with Gasteiger partial charge in [0, 0.05) is 43.0 Å². The maximum atomic E-state index is 12.6. The lowest BCUT2D eigenvalue weighted by Gasteiger charge is -2.42. The van der Waals surface area contributed by atoms with Crippen LogP contribution >= 0.6 is 27.7 Å². The van der Waals surface area contributed by atoms with E-state index in [2.05, 4.69) is 22.9 Å². The minimum Gasteiger partial charge on any atom is -0.451 e. The summed E-state index contributed by atoms with van der Waals surface area (Å²) in [5.74, 6) is -0.536. The summed E-state index contributed by atoms with van der Waals surface area (Å²) in [6.07, 6.45) is -0.277. The monoisotopic (exact) mass is 471 g/mol. The van der Waals surface area contributed by atoms with Crippen molar-refractivity contribution in [2.24, 2.45) is 5.92 Å². The van der Waals surface area contributed by atoms with Gasteiger partial charge in [0.15, 0.2) is 5.75 Å². The standard InChI is InChI=1S/C20H26BrNO5S/c1-11(12-9-22(10-12)18(24)27-19(2,3)4)28-14-8-7-13(21)16-15(14)17(23)26-20(5,6)25-16/h7-8,11-12H,9-10H2,1-6H3. The van der Waals surface area contributed by atoms with Gasteiger partial charge in [-0.1, -0.05) is 6.92 Å². The molecule has 1 unspecified atom stereocenters. The fraction of sp³-hybridized carbons (Fsp3) is 0.600. The van der Waals surface area contributed by atoms with E-state index in [-0.39, 0.29) is 17.3 Å². The molecular weight excluding hydrogens is 446 g/mol. The molecule has 2 aliphatic heterocycles. The lowest BCUT2D eigenvalue weighted by molar-refractivity contribution is -0.128. The van der Waals surface area contributed by atoms with Gasteiger partial charge in [-0.25, -0.2) is 9.59 Å². The summed E-state index contributed by atoms with van der Waals surface area (Å²) in [4.78, 5) is 27.2. The topological polar surface area (TPSA) is 65.1 Å². The van der Waals surface area contributed by atoms with Crippen LogP contribution in [0.15, 0.2) is 21.5 Å². The van der Waals surface area contributed by atoms with Crippen LogP contribution in [-0.4, -0.2) is 46.7 Å². The highest BCUT2D eigenvalue weighted by molar-refractivity contribution is 9.10. The van der Waals surface area contributed by atoms with Crippen molar-refractivity contribution in [1.29, 1.82) is 0 Å². The third-order valence-corrected chi connectivity index (χ3v) is 6.48. The van der Waals surface area contributed by atoms with Gasteiger partial charge in [-0.2, -0.15) is 0 Å². The molecule has 1 aromatic rings. The summed E-state index contributed by atoms with van der Waals surface area (Å²) in [7, 11) is 0. The van der Waals surface area contributed by atoms with E-state index in [9.17, 15) is 9.59 Å². The maximum Gasteiger partial charge on any atom is 0.410 e. The zero-order chi connectivity index (χ0) is 20.9. The fourth-order valence-corrected chi connectivity index (χ4v) is 4.67. The van der Waals surface area contributed by atoms with Gasteiger partial charge in [0.2, 0.25) is 5.79 Å². The first-order valence-corrected chi connectivity index (χ1v) is 10.9. The first-order valence-electron chi connectivity index (χ1n) is 9.26. The number of amides is 1. The molecule has 1 aromatic carbocycles. The molecule has 1 atom stereocenters. The SMILES string of the molecule is CC(Sc1ccc(Br)c2c1C(=O)OC(C)(C)O2)C1CN(C(=O)OC(C)(C)C)C1. The fourth-order valence-electron chi connectivity index (χ4n) is 3.05. The Bertz CT molecular complexity index is 799. The summed E-state index contributed by atoms with van der Waals surface area (Å²) in [5.41, 5.74) is -0.0402. The molecule has 0 radical (unpaired) electrons. The maximum absolute atomic E-state index is 12.6. The van der Waals surface area contributed by atoms with E-state index in [0.717, 1.165) is 9.37 Å². The van der Waals surface area contributed by atoms with Crippen LogP contribution in [0.4, 0.5) is 4.79 Å². The van der Waals surface area contributed by atoms with Crippen molar-refractivity contribution in [2.45, 2.75) is 63.1 Å². The number of hydrogen-bond donors (Lipinski definition) is 0. The Labute approximate surface area is 178 Å². The van der Waals surface area contributed by atoms with Crippen LogP contribution in [0, 0.1) is 5.92 Å². The minimum absolute atomic E-state index is 0.215. The Morgan fingerprint density at radius 1 is 1.32 bits per heavy atom. The van der Waals surface area contributed by atoms with Crippen molar-refractivity contribution < 1.29 is 23.8 Å². The van der Waals surface area contributed by atoms with Crippen LogP contribution in [0.2, 0.25) is 0 Å². The normalized spacial score (nSPS) is 19.8. The second kappa shape index (κ2) is 7.44. The van der Waals surface area contributed by atoms with Crippen molar-refractivity contribution >= 4 is 39.8 Å². The molecule has 0 saturated carbocycles. The largest absolute Gasteiger partial charge is 0.451 e. The lowest BCUT2D eigenvalue weighted by Crippen LogP contribution is -2.54. The third kappa shape index (κ3) is 4.59. The van der Waals surface area contributed by atoms with Crippen molar-refractivity contribution in [3.05, 3.63) is 22.2 Å². The number of carbonyl (C=O) groups excluding carboxylic acids is 2. The number of carbonyl (C=O) groups is 2. The number of halogens is 1. The number of thioether (sulfide) groups is 1. The summed E-state index contributed by atoms with van der Waals surface area (Å²) in [5, 5.41) is 0.215. The van der Waals surface area contributed by atoms with E-state index in [1.54, 1.807) is 30.5 Å². The molecule has 2 heterocycles. The highest BCUT2D eigenvalue weighted by Gasteiger charge is 2.40. The summed E-state index contributed by atoms with van der Waals surface area (Å²) >= 11 is 5.06. The highest BCUT2D eigenvalue weighted by atomic mass is 79.9. The number of ether oxygens (including phenoxy) is 3. The van der Waals surface area contributed by atoms with Gasteiger partial charge in [0.25, 0.3) is 0 Å². The van der Waals surface area contributed by atoms with E-state index < -0.39 is 11.4 Å². The Balaban J connectivity index is 1.67. The van der Waals surface area contributed by atoms with Crippen molar-refractivity contribution in [1.82, 2.24) is 4.90 Å². The Morgan fingerprint density at radius 3 is 2.57 bits per heavy atom. The van der Waals surface area contributed by atoms with Crippen LogP contribution in [0.5, 0.6) is 5.75 Å². The smallest absolute Gasteiger partial charge is 0.410 e. The quantitative estimate of drug-likeness (QED) is 0.452. The van der Waals surface area contributed by atoms with Crippen LogP contribution < -0.4 is 4.74 Å². The second-order valence-electron chi connectivity index (χ2n) is 8.61. The number of hydrogen-bond acceptors (Lipinski definition) is 6. The molecule has 0 aromatic heterocycles. The average molecular weight is 472 g/mol. The average Bonchev–Trinajstić information content (AvgIpc) is 2.45. The molecule has 0 spiro atoms. The molecular formula is C20H26BrNO5S. The van der Waals surface area contributed by atoms with E-state index in [4.69, 9.17) is 14.2 Å². The van der Waals surface area contributed by atoms with Crippen LogP contribution in [0.25, 0.3) is 0 Å². The van der Waals surface area contributed by atoms with Crippen molar-refractivity contribution in [3.8, 4) is 5.75 Å². The predicted octanol–water partition coefficient (Wildman–Crippen LogP) is 5.08. The predicted molar refractivity (Wildman–Crippen MR) is 111 cm³/mol. The number of rotatable bonds is 3. The molecule has 3 rings (SSSR count). The van der Waals surface area contributed by atoms with E-state index >= 15 is 0 Å². The van der Waals surface area contributed by atoms with Gasteiger partial charge < -0.3 is 19.1 Å². The Morgan fingerprint density at radius 2 is 1.96 bits per heavy atom. The van der Waals surface area contributed by atoms with Gasteiger partial charge in [-0.3, -0.25) is 0 Å². The van der Waals surface area contributed by atoms with Gasteiger partial charge in [0.05, 0.1) is 4.47 Å². The molecule has 154 valence electrons. The number of nitrogens with zero attached hydrogens (tertiary/aromatic N) is 1. The first-order chi connectivity index (χ1) is 12.9. The number of esters is 1. The van der Waals surface area contributed by atoms with Crippen LogP contribution in [0.3, 0.4) is 0 Å². The third-order valence-electron chi connectivity index (χ3n) is 4.50. The number of cyclic esters (lactones) is 1. The number of fused-ring (bicyclic) bond motifs is 1. The van der Waals surface area contributed by atoms with Crippen molar-refractivity contribution in [3.63, 3.8) is 0 Å². The molecule has 0 N–H and O–H groups in total. The van der Waals surface area contributed by atoms with Crippen molar-refractivity contribution in [2.75, 3.05) is 13.1 Å². The summed E-state index contributed by atoms with van der Waals surface area (Å²) < 4.78 is 17.4. The first kappa shape index (κ1) is 21.3. The van der Waals surface area contributed by atoms with Gasteiger partial charge >= 0.3 is 12.1 Å². The molecule has 0 aliphatic carbocycles. The minimum atomic E-state index is -0.997. The van der Waals surface area contributed by atoms with Gasteiger partial charge in [0.1, 0.15) is 11.2 Å². The number of benzene rings is 1. The Kier molecular flexibility index (Phi) is 5.66. The molecule has 1 amide bonds. The molecule has 1 fully saturated rings. The summed E-state index contributed by atoms with van der Waals surface area (Å²) in [6.45, 7) is 12.4. The lowest BCUT2D eigenvalue weighted by atomic mass is 9.97. The van der Waals surface area contributed by atoms with E-state index in [1.807, 2.05) is 32.9 Å². The molecule has 1 saturated heterocycles. The highest BCUT2D eigenvalue weighted by Crippen LogP contribution is 2.44.